The molecule has 2 N–H and O–H groups in total. The van der Waals surface area contributed by atoms with Crippen LogP contribution in [0, 0.1) is 6.92 Å². The normalized spacial score (nSPS) is 10.4. The number of benzene rings is 1. The van der Waals surface area contributed by atoms with Crippen molar-refractivity contribution in [2.24, 2.45) is 0 Å². The minimum Gasteiger partial charge on any atom is -0.496 e. The van der Waals surface area contributed by atoms with Crippen molar-refractivity contribution in [3.05, 3.63) is 28.8 Å². The molecule has 0 radical (unpaired) electrons. The fourth-order valence-corrected chi connectivity index (χ4v) is 1.85. The highest BCUT2D eigenvalue weighted by Gasteiger charge is 2.07. The van der Waals surface area contributed by atoms with Crippen LogP contribution in [0.15, 0.2) is 12.1 Å². The summed E-state index contributed by atoms with van der Waals surface area (Å²) >= 11 is 0. The molecule has 84 valence electrons. The second kappa shape index (κ2) is 5.73. The van der Waals surface area contributed by atoms with E-state index in [9.17, 15) is 0 Å². The van der Waals surface area contributed by atoms with Crippen LogP contribution in [0.1, 0.15) is 16.7 Å². The summed E-state index contributed by atoms with van der Waals surface area (Å²) in [4.78, 5) is 0. The van der Waals surface area contributed by atoms with Crippen molar-refractivity contribution in [3.8, 4) is 5.75 Å². The summed E-state index contributed by atoms with van der Waals surface area (Å²) in [5, 5.41) is 6.31. The van der Waals surface area contributed by atoms with E-state index in [1.807, 2.05) is 14.1 Å². The van der Waals surface area contributed by atoms with Gasteiger partial charge in [-0.3, -0.25) is 0 Å². The number of nitrogens with one attached hydrogen (secondary N) is 2. The minimum absolute atomic E-state index is 0.835. The van der Waals surface area contributed by atoms with Gasteiger partial charge >= 0.3 is 0 Å². The quantitative estimate of drug-likeness (QED) is 0.768. The maximum Gasteiger partial charge on any atom is 0.126 e. The molecule has 0 unspecified atom stereocenters. The van der Waals surface area contributed by atoms with Gasteiger partial charge in [0, 0.05) is 18.7 Å². The third kappa shape index (κ3) is 2.94. The number of hydrogen-bond acceptors (Lipinski definition) is 3. The summed E-state index contributed by atoms with van der Waals surface area (Å²) in [6.07, 6.45) is 0. The van der Waals surface area contributed by atoms with Gasteiger partial charge in [-0.05, 0) is 38.2 Å². The number of hydrogen-bond donors (Lipinski definition) is 2. The predicted octanol–water partition coefficient (Wildman–Crippen LogP) is 1.44. The lowest BCUT2D eigenvalue weighted by Crippen LogP contribution is -2.10. The van der Waals surface area contributed by atoms with E-state index in [1.54, 1.807) is 7.11 Å². The van der Waals surface area contributed by atoms with Crippen molar-refractivity contribution in [1.29, 1.82) is 0 Å². The average Bonchev–Trinajstić information content (AvgIpc) is 2.18. The molecule has 0 aliphatic carbocycles. The molecule has 0 spiro atoms. The van der Waals surface area contributed by atoms with Gasteiger partial charge in [-0.2, -0.15) is 0 Å². The monoisotopic (exact) mass is 208 g/mol. The van der Waals surface area contributed by atoms with E-state index >= 15 is 0 Å². The van der Waals surface area contributed by atoms with Crippen LogP contribution in [0.5, 0.6) is 5.75 Å². The number of methoxy groups -OCH3 is 1. The van der Waals surface area contributed by atoms with Gasteiger partial charge in [0.2, 0.25) is 0 Å². The molecule has 0 saturated carbocycles. The zero-order chi connectivity index (χ0) is 11.3. The molecule has 0 saturated heterocycles. The summed E-state index contributed by atoms with van der Waals surface area (Å²) in [5.41, 5.74) is 3.70. The van der Waals surface area contributed by atoms with Gasteiger partial charge in [-0.15, -0.1) is 0 Å². The SMILES string of the molecule is CNCc1cc(C)c(OC)c(CNC)c1. The summed E-state index contributed by atoms with van der Waals surface area (Å²) < 4.78 is 5.40. The van der Waals surface area contributed by atoms with Crippen LogP contribution < -0.4 is 15.4 Å². The van der Waals surface area contributed by atoms with Crippen molar-refractivity contribution < 1.29 is 4.74 Å². The van der Waals surface area contributed by atoms with Crippen molar-refractivity contribution >= 4 is 0 Å². The van der Waals surface area contributed by atoms with Gasteiger partial charge in [0.15, 0.2) is 0 Å². The highest BCUT2D eigenvalue weighted by atomic mass is 16.5. The summed E-state index contributed by atoms with van der Waals surface area (Å²) in [7, 11) is 5.62. The molecule has 1 aromatic carbocycles. The number of rotatable bonds is 5. The highest BCUT2D eigenvalue weighted by molar-refractivity contribution is 5.44. The molecule has 3 nitrogen and oxygen atoms in total. The largest absolute Gasteiger partial charge is 0.496 e. The third-order valence-corrected chi connectivity index (χ3v) is 2.36. The maximum atomic E-state index is 5.40. The first-order valence-electron chi connectivity index (χ1n) is 5.18. The number of ether oxygens (including phenoxy) is 1. The Bertz CT molecular complexity index is 324. The standard InChI is InChI=1S/C12H20N2O/c1-9-5-10(7-13-2)6-11(8-14-3)12(9)15-4/h5-6,13-14H,7-8H2,1-4H3. The van der Waals surface area contributed by atoms with Gasteiger partial charge in [0.05, 0.1) is 7.11 Å². The van der Waals surface area contributed by atoms with E-state index < -0.39 is 0 Å². The van der Waals surface area contributed by atoms with Crippen molar-refractivity contribution in [1.82, 2.24) is 10.6 Å². The topological polar surface area (TPSA) is 33.3 Å². The Morgan fingerprint density at radius 3 is 2.33 bits per heavy atom. The van der Waals surface area contributed by atoms with Gasteiger partial charge in [-0.1, -0.05) is 6.07 Å². The zero-order valence-electron chi connectivity index (χ0n) is 9.98. The molecule has 15 heavy (non-hydrogen) atoms. The lowest BCUT2D eigenvalue weighted by molar-refractivity contribution is 0.405. The summed E-state index contributed by atoms with van der Waals surface area (Å²) in [6, 6.07) is 4.34. The fourth-order valence-electron chi connectivity index (χ4n) is 1.85. The Hall–Kier alpha value is -1.06. The minimum atomic E-state index is 0.835. The Kier molecular flexibility index (Phi) is 4.59. The van der Waals surface area contributed by atoms with Crippen LogP contribution in [0.4, 0.5) is 0 Å². The molecular weight excluding hydrogens is 188 g/mol. The van der Waals surface area contributed by atoms with Gasteiger partial charge < -0.3 is 15.4 Å². The summed E-state index contributed by atoms with van der Waals surface area (Å²) in [5.74, 6) is 0.990. The second-order valence-electron chi connectivity index (χ2n) is 3.67. The van der Waals surface area contributed by atoms with Crippen molar-refractivity contribution in [2.75, 3.05) is 21.2 Å². The maximum absolute atomic E-state index is 5.40. The molecule has 0 amide bonds. The molecule has 1 aromatic rings. The Morgan fingerprint density at radius 2 is 1.80 bits per heavy atom. The first-order valence-corrected chi connectivity index (χ1v) is 5.18. The lowest BCUT2D eigenvalue weighted by Gasteiger charge is -2.13. The van der Waals surface area contributed by atoms with Gasteiger partial charge in [0.1, 0.15) is 5.75 Å². The second-order valence-corrected chi connectivity index (χ2v) is 3.67. The molecule has 0 aliphatic heterocycles. The average molecular weight is 208 g/mol. The zero-order valence-corrected chi connectivity index (χ0v) is 9.98. The smallest absolute Gasteiger partial charge is 0.126 e. The van der Waals surface area contributed by atoms with Crippen molar-refractivity contribution in [2.45, 2.75) is 20.0 Å². The molecule has 0 heterocycles. The van der Waals surface area contributed by atoms with E-state index in [-0.39, 0.29) is 0 Å². The summed E-state index contributed by atoms with van der Waals surface area (Å²) in [6.45, 7) is 3.81. The van der Waals surface area contributed by atoms with Gasteiger partial charge in [-0.25, -0.2) is 0 Å². The fraction of sp³-hybridized carbons (Fsp3) is 0.500. The van der Waals surface area contributed by atoms with E-state index in [2.05, 4.69) is 29.7 Å². The molecule has 0 bridgehead atoms. The number of aryl methyl sites for hydroxylation is 1. The Morgan fingerprint density at radius 1 is 1.13 bits per heavy atom. The molecule has 0 aromatic heterocycles. The molecule has 0 atom stereocenters. The first kappa shape index (κ1) is 12.0. The van der Waals surface area contributed by atoms with Gasteiger partial charge in [0.25, 0.3) is 0 Å². The highest BCUT2D eigenvalue weighted by Crippen LogP contribution is 2.25. The molecule has 3 heteroatoms. The molecule has 0 aliphatic rings. The third-order valence-electron chi connectivity index (χ3n) is 2.36. The van der Waals surface area contributed by atoms with Crippen LogP contribution in [0.25, 0.3) is 0 Å². The van der Waals surface area contributed by atoms with E-state index in [4.69, 9.17) is 4.74 Å². The van der Waals surface area contributed by atoms with E-state index in [1.165, 1.54) is 16.7 Å². The molecule has 1 rings (SSSR count). The first-order chi connectivity index (χ1) is 7.22. The van der Waals surface area contributed by atoms with Crippen LogP contribution in [-0.2, 0) is 13.1 Å². The Labute approximate surface area is 91.8 Å². The lowest BCUT2D eigenvalue weighted by atomic mass is 10.0. The Balaban J connectivity index is 3.07. The van der Waals surface area contributed by atoms with Crippen LogP contribution in [0.3, 0.4) is 0 Å². The van der Waals surface area contributed by atoms with Crippen LogP contribution in [-0.4, -0.2) is 21.2 Å². The molecular formula is C12H20N2O. The predicted molar refractivity (Wildman–Crippen MR) is 63.3 cm³/mol. The van der Waals surface area contributed by atoms with Crippen LogP contribution in [0.2, 0.25) is 0 Å². The van der Waals surface area contributed by atoms with Crippen molar-refractivity contribution in [3.63, 3.8) is 0 Å². The van der Waals surface area contributed by atoms with E-state index in [0.29, 0.717) is 0 Å². The van der Waals surface area contributed by atoms with E-state index in [0.717, 1.165) is 18.8 Å². The molecule has 0 fully saturated rings. The van der Waals surface area contributed by atoms with Crippen LogP contribution >= 0.6 is 0 Å².